The molecule has 7 heteroatoms. The van der Waals surface area contributed by atoms with Crippen LogP contribution in [0.2, 0.25) is 0 Å². The number of allylic oxidation sites excluding steroid dienone is 2. The molecule has 0 saturated heterocycles. The number of benzene rings is 2. The van der Waals surface area contributed by atoms with Gasteiger partial charge in [0.2, 0.25) is 0 Å². The van der Waals surface area contributed by atoms with Gasteiger partial charge in [0, 0.05) is 5.92 Å². The Kier molecular flexibility index (Phi) is 9.28. The second-order valence-electron chi connectivity index (χ2n) is 11.7. The third-order valence-electron chi connectivity index (χ3n) is 7.06. The van der Waals surface area contributed by atoms with Gasteiger partial charge in [-0.15, -0.1) is 0 Å². The van der Waals surface area contributed by atoms with E-state index >= 15 is 0 Å². The van der Waals surface area contributed by atoms with Gasteiger partial charge in [0.25, 0.3) is 0 Å². The number of hydrogen-bond donors (Lipinski definition) is 0. The van der Waals surface area contributed by atoms with E-state index in [2.05, 4.69) is 0 Å². The molecule has 0 aliphatic heterocycles. The van der Waals surface area contributed by atoms with E-state index in [1.54, 1.807) is 59.7 Å². The summed E-state index contributed by atoms with van der Waals surface area (Å²) in [7, 11) is 0. The summed E-state index contributed by atoms with van der Waals surface area (Å²) in [5.74, 6) is -4.12. The number of aryl methyl sites for hydroxylation is 1. The van der Waals surface area contributed by atoms with Gasteiger partial charge in [0.1, 0.15) is 11.2 Å². The molecule has 6 nitrogen and oxygen atoms in total. The van der Waals surface area contributed by atoms with Crippen molar-refractivity contribution in [1.82, 2.24) is 0 Å². The maximum absolute atomic E-state index is 14.9. The zero-order valence-corrected chi connectivity index (χ0v) is 25.0. The van der Waals surface area contributed by atoms with Crippen molar-refractivity contribution in [3.05, 3.63) is 82.2 Å². The molecule has 2 aromatic carbocycles. The van der Waals surface area contributed by atoms with Gasteiger partial charge in [-0.1, -0.05) is 47.5 Å². The molecule has 0 fully saturated rings. The van der Waals surface area contributed by atoms with E-state index in [0.717, 1.165) is 11.1 Å². The Labute approximate surface area is 236 Å². The molecule has 0 bridgehead atoms. The average Bonchev–Trinajstić information content (AvgIpc) is 3.09. The van der Waals surface area contributed by atoms with Crippen LogP contribution in [0.15, 0.2) is 54.1 Å². The van der Waals surface area contributed by atoms with Crippen LogP contribution >= 0.6 is 0 Å². The topological polar surface area (TPSA) is 78.9 Å². The molecule has 0 N–H and O–H groups in total. The summed E-state index contributed by atoms with van der Waals surface area (Å²) >= 11 is 0. The Morgan fingerprint density at radius 2 is 1.38 bits per heavy atom. The predicted molar refractivity (Wildman–Crippen MR) is 151 cm³/mol. The summed E-state index contributed by atoms with van der Waals surface area (Å²) < 4.78 is 32.4. The minimum absolute atomic E-state index is 0.101. The van der Waals surface area contributed by atoms with Crippen LogP contribution in [0, 0.1) is 12.7 Å². The molecule has 1 aliphatic rings. The molecule has 0 heterocycles. The van der Waals surface area contributed by atoms with Gasteiger partial charge in [-0.25, -0.2) is 4.39 Å². The van der Waals surface area contributed by atoms with Crippen LogP contribution in [0.1, 0.15) is 90.0 Å². The molecule has 0 radical (unpaired) electrons. The predicted octanol–water partition coefficient (Wildman–Crippen LogP) is 6.62. The fourth-order valence-corrected chi connectivity index (χ4v) is 5.65. The lowest BCUT2D eigenvalue weighted by Crippen LogP contribution is -2.54. The van der Waals surface area contributed by atoms with Crippen molar-refractivity contribution >= 4 is 17.9 Å². The molecule has 0 saturated carbocycles. The Bertz CT molecular complexity index is 1280. The Morgan fingerprint density at radius 1 is 0.825 bits per heavy atom. The lowest BCUT2D eigenvalue weighted by molar-refractivity contribution is -0.172. The van der Waals surface area contributed by atoms with Crippen LogP contribution in [0.25, 0.3) is 0 Å². The van der Waals surface area contributed by atoms with E-state index in [-0.39, 0.29) is 12.0 Å². The van der Waals surface area contributed by atoms with Gasteiger partial charge in [0.05, 0.1) is 18.3 Å². The maximum atomic E-state index is 14.9. The van der Waals surface area contributed by atoms with Gasteiger partial charge in [-0.2, -0.15) is 0 Å². The van der Waals surface area contributed by atoms with Crippen LogP contribution in [0.3, 0.4) is 0 Å². The minimum Gasteiger partial charge on any atom is -0.462 e. The number of hydrogen-bond acceptors (Lipinski definition) is 6. The van der Waals surface area contributed by atoms with Crippen LogP contribution in [0.4, 0.5) is 4.39 Å². The number of fused-ring (bicyclic) bond motifs is 1. The first-order chi connectivity index (χ1) is 18.7. The first-order valence-electron chi connectivity index (χ1n) is 13.8. The van der Waals surface area contributed by atoms with Crippen LogP contribution < -0.4 is 0 Å². The molecule has 0 spiro atoms. The summed E-state index contributed by atoms with van der Waals surface area (Å²) in [6, 6.07) is 11.0. The minimum atomic E-state index is -2.12. The largest absolute Gasteiger partial charge is 0.462 e. The first-order valence-corrected chi connectivity index (χ1v) is 13.8. The highest BCUT2D eigenvalue weighted by Crippen LogP contribution is 2.62. The number of carbonyl (C=O) groups is 3. The number of carbonyl (C=O) groups excluding carboxylic acids is 3. The van der Waals surface area contributed by atoms with E-state index in [1.807, 2.05) is 32.9 Å². The van der Waals surface area contributed by atoms with Crippen LogP contribution in [-0.2, 0) is 39.4 Å². The van der Waals surface area contributed by atoms with Gasteiger partial charge < -0.3 is 14.2 Å². The molecule has 2 atom stereocenters. The quantitative estimate of drug-likeness (QED) is 0.151. The lowest BCUT2D eigenvalue weighted by Gasteiger charge is -2.40. The van der Waals surface area contributed by atoms with Crippen LogP contribution in [-0.4, -0.2) is 36.2 Å². The smallest absolute Gasteiger partial charge is 0.329 e. The summed E-state index contributed by atoms with van der Waals surface area (Å²) in [4.78, 5) is 43.3. The van der Waals surface area contributed by atoms with Gasteiger partial charge in [0.15, 0.2) is 5.41 Å². The SMILES string of the molecule is CC(C)=CC[C@@]1(C(=O)OC(C)C)c2ccc(C)cc2C(C(=O)OC(C)C)(C(=O)OC(C)C)[C@@H]1c1cccc(F)c1. The Hall–Kier alpha value is -3.48. The van der Waals surface area contributed by atoms with Crippen molar-refractivity contribution < 1.29 is 33.0 Å². The molecule has 3 rings (SSSR count). The number of ether oxygens (including phenoxy) is 3. The molecule has 0 amide bonds. The fourth-order valence-electron chi connectivity index (χ4n) is 5.65. The van der Waals surface area contributed by atoms with E-state index in [0.29, 0.717) is 11.1 Å². The number of rotatable bonds is 9. The number of esters is 3. The molecule has 0 aromatic heterocycles. The maximum Gasteiger partial charge on any atom is 0.329 e. The summed E-state index contributed by atoms with van der Waals surface area (Å²) in [5.41, 5.74) is -0.947. The second-order valence-corrected chi connectivity index (χ2v) is 11.7. The Balaban J connectivity index is 2.63. The summed E-state index contributed by atoms with van der Waals surface area (Å²) in [5, 5.41) is 0. The average molecular weight is 553 g/mol. The zero-order valence-electron chi connectivity index (χ0n) is 25.0. The molecule has 216 valence electrons. The van der Waals surface area contributed by atoms with E-state index in [9.17, 15) is 18.8 Å². The van der Waals surface area contributed by atoms with Crippen molar-refractivity contribution in [3.8, 4) is 0 Å². The highest BCUT2D eigenvalue weighted by Gasteiger charge is 2.72. The van der Waals surface area contributed by atoms with Crippen molar-refractivity contribution in [2.45, 2.75) is 104 Å². The second kappa shape index (κ2) is 11.9. The monoisotopic (exact) mass is 552 g/mol. The lowest BCUT2D eigenvalue weighted by atomic mass is 9.61. The van der Waals surface area contributed by atoms with Crippen molar-refractivity contribution in [1.29, 1.82) is 0 Å². The van der Waals surface area contributed by atoms with Crippen molar-refractivity contribution in [3.63, 3.8) is 0 Å². The molecule has 40 heavy (non-hydrogen) atoms. The highest BCUT2D eigenvalue weighted by atomic mass is 19.1. The normalized spacial score (nSPS) is 19.4. The molecular formula is C33H41FO6. The standard InChI is InChI=1S/C33H41FO6/c1-19(2)15-16-32(29(35)38-20(3)4)26-14-13-23(9)17-27(26)33(30(36)39-21(5)6,31(37)40-22(7)8)28(32)24-11-10-12-25(34)18-24/h10-15,17-18,20-22,28H,16H2,1-9H3/t28-,32-/m1/s1. The zero-order chi connectivity index (χ0) is 30.0. The third-order valence-corrected chi connectivity index (χ3v) is 7.06. The highest BCUT2D eigenvalue weighted by molar-refractivity contribution is 6.12. The van der Waals surface area contributed by atoms with Crippen LogP contribution in [0.5, 0.6) is 0 Å². The first kappa shape index (κ1) is 31.1. The Morgan fingerprint density at radius 3 is 1.88 bits per heavy atom. The molecule has 2 aromatic rings. The van der Waals surface area contributed by atoms with E-state index in [4.69, 9.17) is 14.2 Å². The van der Waals surface area contributed by atoms with E-state index in [1.165, 1.54) is 18.2 Å². The van der Waals surface area contributed by atoms with Gasteiger partial charge in [-0.05, 0) is 97.6 Å². The third kappa shape index (κ3) is 5.56. The van der Waals surface area contributed by atoms with Crippen molar-refractivity contribution in [2.24, 2.45) is 0 Å². The summed E-state index contributed by atoms with van der Waals surface area (Å²) in [6.45, 7) is 15.9. The molecular weight excluding hydrogens is 511 g/mol. The molecule has 1 aliphatic carbocycles. The molecule has 0 unspecified atom stereocenters. The van der Waals surface area contributed by atoms with Crippen molar-refractivity contribution in [2.75, 3.05) is 0 Å². The van der Waals surface area contributed by atoms with E-state index < -0.39 is 58.8 Å². The van der Waals surface area contributed by atoms with Gasteiger partial charge in [-0.3, -0.25) is 14.4 Å². The summed E-state index contributed by atoms with van der Waals surface area (Å²) in [6.07, 6.45) is 0.346. The number of halogens is 1. The van der Waals surface area contributed by atoms with Gasteiger partial charge >= 0.3 is 17.9 Å². The fraction of sp³-hybridized carbons (Fsp3) is 0.485.